The van der Waals surface area contributed by atoms with Gasteiger partial charge in [0.25, 0.3) is 5.91 Å². The van der Waals surface area contributed by atoms with Crippen LogP contribution in [0.15, 0.2) is 36.4 Å². The molecule has 0 bridgehead atoms. The van der Waals surface area contributed by atoms with Gasteiger partial charge in [-0.3, -0.25) is 4.79 Å². The summed E-state index contributed by atoms with van der Waals surface area (Å²) < 4.78 is 1.76. The third-order valence-corrected chi connectivity index (χ3v) is 4.36. The van der Waals surface area contributed by atoms with E-state index in [2.05, 4.69) is 25.9 Å². The maximum absolute atomic E-state index is 12.2. The summed E-state index contributed by atoms with van der Waals surface area (Å²) in [7, 11) is 0. The molecule has 0 aliphatic rings. The molecule has 0 spiro atoms. The number of carbonyl (C=O) groups is 1. The molecule has 0 fully saturated rings. The minimum absolute atomic E-state index is 0.0779. The van der Waals surface area contributed by atoms with E-state index in [9.17, 15) is 4.79 Å². The molecule has 0 saturated carbocycles. The summed E-state index contributed by atoms with van der Waals surface area (Å²) >= 11 is 0. The molecule has 0 saturated heterocycles. The van der Waals surface area contributed by atoms with Crippen LogP contribution in [0.5, 0.6) is 0 Å². The normalized spacial score (nSPS) is 10.7. The summed E-state index contributed by atoms with van der Waals surface area (Å²) in [5.74, 6) is 1.25. The van der Waals surface area contributed by atoms with Crippen LogP contribution in [0, 0.1) is 27.7 Å². The van der Waals surface area contributed by atoms with Crippen molar-refractivity contribution < 1.29 is 4.79 Å². The van der Waals surface area contributed by atoms with Crippen LogP contribution in [0.3, 0.4) is 0 Å². The fourth-order valence-electron chi connectivity index (χ4n) is 2.74. The maximum Gasteiger partial charge on any atom is 0.251 e. The van der Waals surface area contributed by atoms with Gasteiger partial charge in [0.1, 0.15) is 5.82 Å². The number of nitrogens with zero attached hydrogens (tertiary/aromatic N) is 4. The molecule has 2 N–H and O–H groups in total. The van der Waals surface area contributed by atoms with E-state index in [1.165, 1.54) is 5.56 Å². The van der Waals surface area contributed by atoms with E-state index in [1.807, 2.05) is 64.1 Å². The first-order valence-electron chi connectivity index (χ1n) is 8.91. The summed E-state index contributed by atoms with van der Waals surface area (Å²) in [4.78, 5) is 12.2. The highest BCUT2D eigenvalue weighted by molar-refractivity contribution is 5.94. The van der Waals surface area contributed by atoms with Crippen molar-refractivity contribution in [3.8, 4) is 5.82 Å². The van der Waals surface area contributed by atoms with Gasteiger partial charge in [0.2, 0.25) is 0 Å². The van der Waals surface area contributed by atoms with Crippen molar-refractivity contribution in [2.75, 3.05) is 18.4 Å². The third-order valence-electron chi connectivity index (χ3n) is 4.36. The van der Waals surface area contributed by atoms with Crippen molar-refractivity contribution in [2.45, 2.75) is 27.7 Å². The number of amides is 1. The van der Waals surface area contributed by atoms with E-state index in [4.69, 9.17) is 0 Å². The van der Waals surface area contributed by atoms with E-state index in [1.54, 1.807) is 4.68 Å². The first-order valence-corrected chi connectivity index (χ1v) is 8.91. The van der Waals surface area contributed by atoms with Crippen molar-refractivity contribution in [2.24, 2.45) is 0 Å². The first-order chi connectivity index (χ1) is 12.9. The maximum atomic E-state index is 12.2. The van der Waals surface area contributed by atoms with Crippen LogP contribution in [0.1, 0.15) is 32.9 Å². The van der Waals surface area contributed by atoms with Crippen molar-refractivity contribution in [3.05, 3.63) is 64.5 Å². The lowest BCUT2D eigenvalue weighted by atomic mass is 10.1. The van der Waals surface area contributed by atoms with Crippen LogP contribution in [0.25, 0.3) is 5.82 Å². The average molecular weight is 364 g/mol. The van der Waals surface area contributed by atoms with Gasteiger partial charge in [-0.25, -0.2) is 4.68 Å². The monoisotopic (exact) mass is 364 g/mol. The summed E-state index contributed by atoms with van der Waals surface area (Å²) in [6.07, 6.45) is 0. The topological polar surface area (TPSA) is 84.7 Å². The standard InChI is InChI=1S/C20H24N6O/c1-13-5-6-17(11-14(13)2)20(27)22-10-9-21-18-7-8-19(24-23-18)26-16(4)12-15(3)25-26/h5-8,11-12H,9-10H2,1-4H3,(H,21,23)(H,22,27). The molecule has 7 heteroatoms. The number of benzene rings is 1. The Kier molecular flexibility index (Phi) is 5.49. The van der Waals surface area contributed by atoms with Crippen LogP contribution >= 0.6 is 0 Å². The minimum atomic E-state index is -0.0779. The Labute approximate surface area is 158 Å². The molecule has 140 valence electrons. The summed E-state index contributed by atoms with van der Waals surface area (Å²) in [5.41, 5.74) is 4.91. The van der Waals surface area contributed by atoms with Gasteiger partial charge >= 0.3 is 0 Å². The molecule has 7 nitrogen and oxygen atoms in total. The van der Waals surface area contributed by atoms with Gasteiger partial charge in [-0.05, 0) is 69.2 Å². The van der Waals surface area contributed by atoms with Gasteiger partial charge in [-0.15, -0.1) is 10.2 Å². The number of aromatic nitrogens is 4. The number of hydrogen-bond acceptors (Lipinski definition) is 5. The van der Waals surface area contributed by atoms with Crippen molar-refractivity contribution in [1.29, 1.82) is 0 Å². The van der Waals surface area contributed by atoms with Crippen molar-refractivity contribution in [3.63, 3.8) is 0 Å². The van der Waals surface area contributed by atoms with E-state index >= 15 is 0 Å². The smallest absolute Gasteiger partial charge is 0.251 e. The van der Waals surface area contributed by atoms with E-state index in [-0.39, 0.29) is 5.91 Å². The van der Waals surface area contributed by atoms with Crippen LogP contribution in [0.2, 0.25) is 0 Å². The SMILES string of the molecule is Cc1cc(C)n(-c2ccc(NCCNC(=O)c3ccc(C)c(C)c3)nn2)n1. The summed E-state index contributed by atoms with van der Waals surface area (Å²) in [6.45, 7) is 9.01. The quantitative estimate of drug-likeness (QED) is 0.657. The molecule has 2 heterocycles. The molecule has 1 amide bonds. The Balaban J connectivity index is 1.50. The number of nitrogens with one attached hydrogen (secondary N) is 2. The second kappa shape index (κ2) is 7.99. The largest absolute Gasteiger partial charge is 0.367 e. The van der Waals surface area contributed by atoms with Gasteiger partial charge in [0, 0.05) is 24.3 Å². The Morgan fingerprint density at radius 1 is 0.963 bits per heavy atom. The molecule has 1 aromatic carbocycles. The van der Waals surface area contributed by atoms with Gasteiger partial charge in [0.05, 0.1) is 5.69 Å². The molecule has 3 rings (SSSR count). The van der Waals surface area contributed by atoms with Gasteiger partial charge in [-0.2, -0.15) is 5.10 Å². The van der Waals surface area contributed by atoms with E-state index in [0.29, 0.717) is 30.3 Å². The lowest BCUT2D eigenvalue weighted by molar-refractivity contribution is 0.0955. The zero-order valence-electron chi connectivity index (χ0n) is 16.1. The molecule has 27 heavy (non-hydrogen) atoms. The molecule has 0 unspecified atom stereocenters. The Morgan fingerprint density at radius 2 is 1.78 bits per heavy atom. The molecular formula is C20H24N6O. The predicted octanol–water partition coefficient (Wildman–Crippen LogP) is 2.74. The van der Waals surface area contributed by atoms with Gasteiger partial charge < -0.3 is 10.6 Å². The number of rotatable bonds is 6. The van der Waals surface area contributed by atoms with Crippen molar-refractivity contribution >= 4 is 11.7 Å². The number of anilines is 1. The fourth-order valence-corrected chi connectivity index (χ4v) is 2.74. The first kappa shape index (κ1) is 18.6. The minimum Gasteiger partial charge on any atom is -0.367 e. The van der Waals surface area contributed by atoms with Gasteiger partial charge in [0.15, 0.2) is 5.82 Å². The van der Waals surface area contributed by atoms with Crippen molar-refractivity contribution in [1.82, 2.24) is 25.3 Å². The lowest BCUT2D eigenvalue weighted by Gasteiger charge is -2.09. The molecule has 0 radical (unpaired) electrons. The second-order valence-corrected chi connectivity index (χ2v) is 6.60. The van der Waals surface area contributed by atoms with Crippen LogP contribution in [-0.2, 0) is 0 Å². The number of hydrogen-bond donors (Lipinski definition) is 2. The molecule has 2 aromatic heterocycles. The molecule has 0 aliphatic heterocycles. The zero-order valence-corrected chi connectivity index (χ0v) is 16.1. The summed E-state index contributed by atoms with van der Waals surface area (Å²) in [5, 5.41) is 18.8. The van der Waals surface area contributed by atoms with Crippen LogP contribution in [-0.4, -0.2) is 39.0 Å². The molecular weight excluding hydrogens is 340 g/mol. The summed E-state index contributed by atoms with van der Waals surface area (Å²) in [6, 6.07) is 11.4. The lowest BCUT2D eigenvalue weighted by Crippen LogP contribution is -2.29. The Bertz CT molecular complexity index is 946. The Morgan fingerprint density at radius 3 is 2.41 bits per heavy atom. The van der Waals surface area contributed by atoms with E-state index < -0.39 is 0 Å². The molecule has 0 aliphatic carbocycles. The Hall–Kier alpha value is -3.22. The molecule has 3 aromatic rings. The highest BCUT2D eigenvalue weighted by atomic mass is 16.1. The second-order valence-electron chi connectivity index (χ2n) is 6.60. The van der Waals surface area contributed by atoms with Crippen LogP contribution in [0.4, 0.5) is 5.82 Å². The van der Waals surface area contributed by atoms with Gasteiger partial charge in [-0.1, -0.05) is 6.07 Å². The highest BCUT2D eigenvalue weighted by Gasteiger charge is 2.07. The van der Waals surface area contributed by atoms with E-state index in [0.717, 1.165) is 17.0 Å². The number of carbonyl (C=O) groups excluding carboxylic acids is 1. The average Bonchev–Trinajstić information content (AvgIpc) is 2.99. The molecule has 0 atom stereocenters. The zero-order chi connectivity index (χ0) is 19.4. The third kappa shape index (κ3) is 4.49. The highest BCUT2D eigenvalue weighted by Crippen LogP contribution is 2.11. The fraction of sp³-hybridized carbons (Fsp3) is 0.300. The predicted molar refractivity (Wildman–Crippen MR) is 105 cm³/mol. The van der Waals surface area contributed by atoms with Crippen LogP contribution < -0.4 is 10.6 Å². The number of aryl methyl sites for hydroxylation is 4.